The smallest absolute Gasteiger partial charge is 0.326 e. The van der Waals surface area contributed by atoms with E-state index in [1.54, 1.807) is 6.92 Å². The maximum absolute atomic E-state index is 12.3. The van der Waals surface area contributed by atoms with Gasteiger partial charge < -0.3 is 10.4 Å². The molecule has 1 heterocycles. The van der Waals surface area contributed by atoms with Crippen molar-refractivity contribution >= 4 is 23.2 Å². The number of thiazole rings is 1. The molecule has 0 aliphatic heterocycles. The Balaban J connectivity index is 2.32. The van der Waals surface area contributed by atoms with Gasteiger partial charge in [0.05, 0.1) is 10.7 Å². The summed E-state index contributed by atoms with van der Waals surface area (Å²) < 4.78 is 0. The Kier molecular flexibility index (Phi) is 4.70. The number of amides is 1. The summed E-state index contributed by atoms with van der Waals surface area (Å²) in [4.78, 5) is 28.2. The predicted octanol–water partition coefficient (Wildman–Crippen LogP) is 2.71. The lowest BCUT2D eigenvalue weighted by molar-refractivity contribution is -0.139. The Labute approximate surface area is 126 Å². The van der Waals surface area contributed by atoms with Gasteiger partial charge in [-0.3, -0.25) is 4.79 Å². The summed E-state index contributed by atoms with van der Waals surface area (Å²) in [7, 11) is 0. The minimum Gasteiger partial charge on any atom is -0.480 e. The van der Waals surface area contributed by atoms with Crippen molar-refractivity contribution in [2.24, 2.45) is 0 Å². The number of carboxylic acid groups (broad SMARTS) is 1. The summed E-state index contributed by atoms with van der Waals surface area (Å²) >= 11 is 1.27. The Hall–Kier alpha value is -2.21. The molecule has 1 aromatic heterocycles. The van der Waals surface area contributed by atoms with E-state index in [4.69, 9.17) is 5.11 Å². The first-order chi connectivity index (χ1) is 10.0. The minimum atomic E-state index is -1.03. The van der Waals surface area contributed by atoms with Gasteiger partial charge in [0.15, 0.2) is 0 Å². The van der Waals surface area contributed by atoms with Crippen LogP contribution in [0.1, 0.15) is 28.0 Å². The van der Waals surface area contributed by atoms with E-state index in [0.29, 0.717) is 17.0 Å². The highest BCUT2D eigenvalue weighted by atomic mass is 32.1. The SMILES string of the molecule is CCC(NC(=O)c1sc(C)nc1-c1ccccc1)C(=O)O. The molecule has 2 N–H and O–H groups in total. The minimum absolute atomic E-state index is 0.333. The second-order valence-corrected chi connectivity index (χ2v) is 5.75. The van der Waals surface area contributed by atoms with Crippen molar-refractivity contribution in [2.45, 2.75) is 26.3 Å². The number of rotatable bonds is 5. The van der Waals surface area contributed by atoms with Gasteiger partial charge in [0, 0.05) is 5.56 Å². The van der Waals surface area contributed by atoms with Crippen LogP contribution in [0.5, 0.6) is 0 Å². The second-order valence-electron chi connectivity index (χ2n) is 4.55. The summed E-state index contributed by atoms with van der Waals surface area (Å²) in [5.41, 5.74) is 1.44. The van der Waals surface area contributed by atoms with Crippen LogP contribution >= 0.6 is 11.3 Å². The Morgan fingerprint density at radius 2 is 2.00 bits per heavy atom. The van der Waals surface area contributed by atoms with Crippen molar-refractivity contribution in [3.63, 3.8) is 0 Å². The molecule has 6 heteroatoms. The van der Waals surface area contributed by atoms with E-state index in [1.165, 1.54) is 11.3 Å². The van der Waals surface area contributed by atoms with E-state index in [1.807, 2.05) is 37.3 Å². The maximum atomic E-state index is 12.3. The summed E-state index contributed by atoms with van der Waals surface area (Å²) in [5, 5.41) is 12.3. The molecule has 21 heavy (non-hydrogen) atoms. The van der Waals surface area contributed by atoms with Crippen molar-refractivity contribution in [2.75, 3.05) is 0 Å². The van der Waals surface area contributed by atoms with Gasteiger partial charge in [-0.2, -0.15) is 0 Å². The zero-order valence-electron chi connectivity index (χ0n) is 11.8. The van der Waals surface area contributed by atoms with Crippen LogP contribution in [0.4, 0.5) is 0 Å². The monoisotopic (exact) mass is 304 g/mol. The first-order valence-corrected chi connectivity index (χ1v) is 7.41. The molecule has 0 spiro atoms. The highest BCUT2D eigenvalue weighted by molar-refractivity contribution is 7.14. The average molecular weight is 304 g/mol. The molecule has 0 bridgehead atoms. The van der Waals surface area contributed by atoms with E-state index in [9.17, 15) is 9.59 Å². The summed E-state index contributed by atoms with van der Waals surface area (Å²) in [6.45, 7) is 3.54. The molecule has 0 radical (unpaired) electrons. The van der Waals surface area contributed by atoms with Gasteiger partial charge in [0.1, 0.15) is 10.9 Å². The van der Waals surface area contributed by atoms with Gasteiger partial charge in [0.25, 0.3) is 5.91 Å². The maximum Gasteiger partial charge on any atom is 0.326 e. The molecule has 1 aromatic carbocycles. The van der Waals surface area contributed by atoms with Crippen LogP contribution in [0, 0.1) is 6.92 Å². The van der Waals surface area contributed by atoms with Crippen molar-refractivity contribution in [3.05, 3.63) is 40.2 Å². The van der Waals surface area contributed by atoms with Gasteiger partial charge in [-0.05, 0) is 13.3 Å². The number of carbonyl (C=O) groups excluding carboxylic acids is 1. The normalized spacial score (nSPS) is 11.9. The number of aryl methyl sites for hydroxylation is 1. The van der Waals surface area contributed by atoms with Crippen LogP contribution in [0.25, 0.3) is 11.3 Å². The molecule has 0 saturated carbocycles. The van der Waals surface area contributed by atoms with Gasteiger partial charge in [0.2, 0.25) is 0 Å². The van der Waals surface area contributed by atoms with Gasteiger partial charge in [-0.1, -0.05) is 37.3 Å². The van der Waals surface area contributed by atoms with Crippen molar-refractivity contribution in [1.29, 1.82) is 0 Å². The van der Waals surface area contributed by atoms with Crippen molar-refractivity contribution < 1.29 is 14.7 Å². The van der Waals surface area contributed by atoms with Crippen LogP contribution in [0.3, 0.4) is 0 Å². The lowest BCUT2D eigenvalue weighted by Gasteiger charge is -2.11. The number of hydrogen-bond acceptors (Lipinski definition) is 4. The van der Waals surface area contributed by atoms with Gasteiger partial charge >= 0.3 is 5.97 Å². The molecule has 0 fully saturated rings. The number of aromatic nitrogens is 1. The standard InChI is InChI=1S/C15H16N2O3S/c1-3-11(15(19)20)17-14(18)13-12(16-9(2)21-13)10-7-5-4-6-8-10/h4-8,11H,3H2,1-2H3,(H,17,18)(H,19,20). The lowest BCUT2D eigenvalue weighted by Crippen LogP contribution is -2.40. The highest BCUT2D eigenvalue weighted by Gasteiger charge is 2.23. The first-order valence-electron chi connectivity index (χ1n) is 6.59. The van der Waals surface area contributed by atoms with E-state index < -0.39 is 17.9 Å². The highest BCUT2D eigenvalue weighted by Crippen LogP contribution is 2.27. The number of aliphatic carboxylic acids is 1. The van der Waals surface area contributed by atoms with Crippen LogP contribution < -0.4 is 5.32 Å². The van der Waals surface area contributed by atoms with Gasteiger partial charge in [-0.25, -0.2) is 9.78 Å². The fraction of sp³-hybridized carbons (Fsp3) is 0.267. The fourth-order valence-electron chi connectivity index (χ4n) is 1.93. The quantitative estimate of drug-likeness (QED) is 0.890. The average Bonchev–Trinajstić information content (AvgIpc) is 2.87. The van der Waals surface area contributed by atoms with Crippen molar-refractivity contribution in [3.8, 4) is 11.3 Å². The number of nitrogens with one attached hydrogen (secondary N) is 1. The Morgan fingerprint density at radius 3 is 2.57 bits per heavy atom. The number of benzene rings is 1. The molecule has 0 aliphatic rings. The van der Waals surface area contributed by atoms with E-state index in [0.717, 1.165) is 10.6 Å². The molecule has 2 aromatic rings. The topological polar surface area (TPSA) is 79.3 Å². The summed E-state index contributed by atoms with van der Waals surface area (Å²) in [5.74, 6) is -1.43. The lowest BCUT2D eigenvalue weighted by atomic mass is 10.1. The number of nitrogens with zero attached hydrogens (tertiary/aromatic N) is 1. The van der Waals surface area contributed by atoms with Crippen LogP contribution in [0.15, 0.2) is 30.3 Å². The zero-order chi connectivity index (χ0) is 15.4. The second kappa shape index (κ2) is 6.49. The molecule has 5 nitrogen and oxygen atoms in total. The molecule has 1 unspecified atom stereocenters. The molecule has 0 saturated heterocycles. The van der Waals surface area contributed by atoms with E-state index >= 15 is 0 Å². The van der Waals surface area contributed by atoms with E-state index in [2.05, 4.69) is 10.3 Å². The molecule has 1 amide bonds. The van der Waals surface area contributed by atoms with Crippen LogP contribution in [0.2, 0.25) is 0 Å². The van der Waals surface area contributed by atoms with Crippen LogP contribution in [-0.4, -0.2) is 28.0 Å². The third-order valence-electron chi connectivity index (χ3n) is 3.00. The number of carboxylic acids is 1. The van der Waals surface area contributed by atoms with Crippen LogP contribution in [-0.2, 0) is 4.79 Å². The number of carbonyl (C=O) groups is 2. The molecule has 1 atom stereocenters. The molecule has 0 aliphatic carbocycles. The first kappa shape index (κ1) is 15.2. The molecule has 2 rings (SSSR count). The zero-order valence-corrected chi connectivity index (χ0v) is 12.6. The largest absolute Gasteiger partial charge is 0.480 e. The Bertz CT molecular complexity index is 652. The Morgan fingerprint density at radius 1 is 1.33 bits per heavy atom. The van der Waals surface area contributed by atoms with Gasteiger partial charge in [-0.15, -0.1) is 11.3 Å². The fourth-order valence-corrected chi connectivity index (χ4v) is 2.78. The molecular formula is C15H16N2O3S. The third-order valence-corrected chi connectivity index (χ3v) is 3.97. The predicted molar refractivity (Wildman–Crippen MR) is 81.5 cm³/mol. The van der Waals surface area contributed by atoms with E-state index in [-0.39, 0.29) is 0 Å². The summed E-state index contributed by atoms with van der Waals surface area (Å²) in [6.07, 6.45) is 0.333. The number of hydrogen-bond donors (Lipinski definition) is 2. The van der Waals surface area contributed by atoms with Crippen molar-refractivity contribution in [1.82, 2.24) is 10.3 Å². The summed E-state index contributed by atoms with van der Waals surface area (Å²) in [6, 6.07) is 8.50. The third kappa shape index (κ3) is 3.46. The molecular weight excluding hydrogens is 288 g/mol. The molecule has 110 valence electrons.